The number of aliphatic hydroxyl groups excluding tert-OH is 4. The van der Waals surface area contributed by atoms with E-state index in [0.29, 0.717) is 31.4 Å². The van der Waals surface area contributed by atoms with Gasteiger partial charge in [-0.05, 0) is 55.2 Å². The highest BCUT2D eigenvalue weighted by atomic mass is 16.7. The number of benzene rings is 2. The van der Waals surface area contributed by atoms with Crippen molar-refractivity contribution in [3.63, 3.8) is 0 Å². The topological polar surface area (TPSA) is 339 Å². The van der Waals surface area contributed by atoms with Crippen LogP contribution in [0.2, 0.25) is 0 Å². The Morgan fingerprint density at radius 2 is 1.51 bits per heavy atom. The van der Waals surface area contributed by atoms with Crippen LogP contribution in [-0.2, 0) is 43.0 Å². The number of rotatable bonds is 27. The molecule has 2 aliphatic heterocycles. The molecule has 15 atom stereocenters. The maximum atomic E-state index is 14.8. The number of nitrogens with one attached hydrogen (secondary N) is 3. The highest BCUT2D eigenvalue weighted by Crippen LogP contribution is 2.35. The number of carboxylic acids is 1. The van der Waals surface area contributed by atoms with Crippen molar-refractivity contribution in [2.45, 2.75) is 167 Å². The molecule has 6 amide bonds. The molecule has 2 aromatic rings. The lowest BCUT2D eigenvalue weighted by Gasteiger charge is -2.41. The predicted octanol–water partition coefficient (Wildman–Crippen LogP) is 2.00. The summed E-state index contributed by atoms with van der Waals surface area (Å²) >= 11 is 0. The molecule has 2 aliphatic rings. The molecule has 442 valence electrons. The van der Waals surface area contributed by atoms with E-state index in [0.717, 1.165) is 4.90 Å². The molecular weight excluding hydrogens is 1030 g/mol. The number of methoxy groups -OCH3 is 2. The molecule has 79 heavy (non-hydrogen) atoms. The SMILES string of the molecule is CC[C@H](C)[C@@H]([C@@H](CC(=O)N1CCC[C@H]1[C@H](OC)[C@@H](C)C(=O)N[C@H](C)[C@@H](O)c1ccccc1)OC)N(C)C(=O)[C@@H](NC(=O)[C@H](C(C)C)N(C)C(=O)Oc1ccc(OC2OC(C(=O)O)[C@@H](O)C(O)[C@H]2O)c(NC(=O)CCN)c1)C(C)C. The van der Waals surface area contributed by atoms with E-state index in [1.54, 1.807) is 65.6 Å². The summed E-state index contributed by atoms with van der Waals surface area (Å²) in [6, 6.07) is 8.59. The zero-order valence-corrected chi connectivity index (χ0v) is 47.4. The first kappa shape index (κ1) is 65.5. The Labute approximate surface area is 462 Å². The molecule has 0 saturated carbocycles. The molecule has 24 nitrogen and oxygen atoms in total. The van der Waals surface area contributed by atoms with E-state index in [9.17, 15) is 59.1 Å². The Morgan fingerprint density at radius 1 is 0.848 bits per heavy atom. The summed E-state index contributed by atoms with van der Waals surface area (Å²) in [5.41, 5.74) is 6.08. The van der Waals surface area contributed by atoms with Crippen LogP contribution in [0.1, 0.15) is 99.2 Å². The van der Waals surface area contributed by atoms with E-state index in [-0.39, 0.29) is 54.3 Å². The highest BCUT2D eigenvalue weighted by molar-refractivity contribution is 5.94. The molecule has 2 fully saturated rings. The van der Waals surface area contributed by atoms with Crippen LogP contribution in [0.3, 0.4) is 0 Å². The number of anilines is 1. The third-order valence-electron chi connectivity index (χ3n) is 14.9. The number of nitrogens with zero attached hydrogens (tertiary/aromatic N) is 3. The molecule has 0 radical (unpaired) electrons. The fourth-order valence-corrected chi connectivity index (χ4v) is 10.3. The minimum atomic E-state index is -1.99. The number of amides is 6. The van der Waals surface area contributed by atoms with Crippen LogP contribution in [0.25, 0.3) is 0 Å². The van der Waals surface area contributed by atoms with Crippen molar-refractivity contribution in [3.05, 3.63) is 54.1 Å². The quantitative estimate of drug-likeness (QED) is 0.0618. The molecule has 0 bridgehead atoms. The number of ether oxygens (including phenoxy) is 5. The third kappa shape index (κ3) is 16.6. The first-order chi connectivity index (χ1) is 37.2. The summed E-state index contributed by atoms with van der Waals surface area (Å²) < 4.78 is 28.6. The van der Waals surface area contributed by atoms with E-state index < -0.39 is 127 Å². The molecule has 4 rings (SSSR count). The second-order valence-electron chi connectivity index (χ2n) is 21.2. The van der Waals surface area contributed by atoms with Crippen molar-refractivity contribution < 1.29 is 82.8 Å². The summed E-state index contributed by atoms with van der Waals surface area (Å²) in [4.78, 5) is 99.8. The van der Waals surface area contributed by atoms with Gasteiger partial charge in [-0.25, -0.2) is 9.59 Å². The molecule has 2 saturated heterocycles. The lowest BCUT2D eigenvalue weighted by atomic mass is 9.89. The molecule has 24 heteroatoms. The van der Waals surface area contributed by atoms with Crippen molar-refractivity contribution >= 4 is 47.3 Å². The van der Waals surface area contributed by atoms with Crippen molar-refractivity contribution in [2.75, 3.05) is 46.7 Å². The Kier molecular flexibility index (Phi) is 24.9. The van der Waals surface area contributed by atoms with Crippen molar-refractivity contribution in [3.8, 4) is 11.5 Å². The Hall–Kier alpha value is -5.99. The van der Waals surface area contributed by atoms with Gasteiger partial charge < -0.3 is 80.7 Å². The van der Waals surface area contributed by atoms with E-state index >= 15 is 0 Å². The standard InChI is InChI=1S/C55H85N7O17/c1-13-30(6)43(38(75-11)27-40(64)62-25-17-20-36(62)48(76-12)31(7)50(69)57-32(8)44(65)33-18-15-14-16-19-33)60(9)52(71)41(28(2)3)59-51(70)42(29(4)5)61(10)55(74)77-34-21-22-37(35(26-34)58-39(63)23-24-56)78-54-47(68)45(66)46(67)49(79-54)53(72)73/h14-16,18-19,21-22,26,28-32,36,38,41-49,54,65-68H,13,17,20,23-25,27,56H2,1-12H3,(H,57,69)(H,58,63)(H,59,70)(H,72,73)/t30-,31+,32+,36-,38+,41-,42-,43-,44+,45?,46-,47+,48+,49?,54?/m0/s1. The van der Waals surface area contributed by atoms with Crippen LogP contribution < -0.4 is 31.2 Å². The zero-order chi connectivity index (χ0) is 59.2. The predicted molar refractivity (Wildman–Crippen MR) is 288 cm³/mol. The van der Waals surface area contributed by atoms with Gasteiger partial charge in [-0.15, -0.1) is 0 Å². The minimum Gasteiger partial charge on any atom is -0.479 e. The van der Waals surface area contributed by atoms with Gasteiger partial charge in [-0.1, -0.05) is 85.2 Å². The van der Waals surface area contributed by atoms with Crippen LogP contribution in [0, 0.1) is 23.7 Å². The molecule has 3 unspecified atom stereocenters. The smallest absolute Gasteiger partial charge is 0.415 e. The third-order valence-corrected chi connectivity index (χ3v) is 14.9. The van der Waals surface area contributed by atoms with Crippen LogP contribution in [0.4, 0.5) is 10.5 Å². The number of carboxylic acid groups (broad SMARTS) is 1. The van der Waals surface area contributed by atoms with Gasteiger partial charge in [0, 0.05) is 53.9 Å². The summed E-state index contributed by atoms with van der Waals surface area (Å²) in [5, 5.41) is 59.8. The number of likely N-dealkylation sites (N-methyl/N-ethyl adjacent to an activating group) is 2. The maximum Gasteiger partial charge on any atom is 0.415 e. The lowest BCUT2D eigenvalue weighted by Crippen LogP contribution is -2.61. The second-order valence-corrected chi connectivity index (χ2v) is 21.2. The largest absolute Gasteiger partial charge is 0.479 e. The van der Waals surface area contributed by atoms with Gasteiger partial charge in [0.25, 0.3) is 0 Å². The number of aliphatic carboxylic acids is 1. The number of nitrogens with two attached hydrogens (primary N) is 1. The van der Waals surface area contributed by atoms with Gasteiger partial charge in [0.15, 0.2) is 6.10 Å². The second kappa shape index (κ2) is 30.0. The fourth-order valence-electron chi connectivity index (χ4n) is 10.3. The van der Waals surface area contributed by atoms with Gasteiger partial charge >= 0.3 is 12.1 Å². The zero-order valence-electron chi connectivity index (χ0n) is 47.4. The van der Waals surface area contributed by atoms with Crippen LogP contribution >= 0.6 is 0 Å². The van der Waals surface area contributed by atoms with E-state index in [1.165, 1.54) is 44.4 Å². The molecule has 0 aromatic heterocycles. The van der Waals surface area contributed by atoms with Gasteiger partial charge in [-0.3, -0.25) is 28.9 Å². The van der Waals surface area contributed by atoms with Crippen molar-refractivity contribution in [2.24, 2.45) is 29.4 Å². The van der Waals surface area contributed by atoms with E-state index in [4.69, 9.17) is 29.4 Å². The average Bonchev–Trinajstić information content (AvgIpc) is 3.92. The molecular formula is C55H85N7O17. The summed E-state index contributed by atoms with van der Waals surface area (Å²) in [7, 11) is 5.91. The number of carbonyl (C=O) groups excluding carboxylic acids is 6. The average molecular weight is 1120 g/mol. The Balaban J connectivity index is 1.50. The van der Waals surface area contributed by atoms with Crippen LogP contribution in [-0.4, -0.2) is 196 Å². The molecule has 0 aliphatic carbocycles. The first-order valence-corrected chi connectivity index (χ1v) is 26.9. The molecule has 0 spiro atoms. The number of hydrogen-bond acceptors (Lipinski definition) is 17. The van der Waals surface area contributed by atoms with E-state index in [2.05, 4.69) is 16.0 Å². The van der Waals surface area contributed by atoms with Gasteiger partial charge in [-0.2, -0.15) is 0 Å². The lowest BCUT2D eigenvalue weighted by molar-refractivity contribution is -0.271. The van der Waals surface area contributed by atoms with Crippen molar-refractivity contribution in [1.29, 1.82) is 0 Å². The van der Waals surface area contributed by atoms with Gasteiger partial charge in [0.05, 0.1) is 54.5 Å². The van der Waals surface area contributed by atoms with Gasteiger partial charge in [0.2, 0.25) is 35.8 Å². The van der Waals surface area contributed by atoms with Gasteiger partial charge in [0.1, 0.15) is 41.9 Å². The maximum absolute atomic E-state index is 14.8. The number of likely N-dealkylation sites (tertiary alicyclic amines) is 1. The highest BCUT2D eigenvalue weighted by Gasteiger charge is 2.49. The summed E-state index contributed by atoms with van der Waals surface area (Å²) in [6.07, 6.45) is -11.6. The fraction of sp³-hybridized carbons (Fsp3) is 0.655. The molecule has 2 heterocycles. The Morgan fingerprint density at radius 3 is 2.08 bits per heavy atom. The minimum absolute atomic E-state index is 0.0497. The number of aliphatic hydroxyl groups is 4. The van der Waals surface area contributed by atoms with E-state index in [1.807, 2.05) is 32.0 Å². The first-order valence-electron chi connectivity index (χ1n) is 26.9. The monoisotopic (exact) mass is 1120 g/mol. The van der Waals surface area contributed by atoms with Crippen LogP contribution in [0.15, 0.2) is 48.5 Å². The van der Waals surface area contributed by atoms with Crippen molar-refractivity contribution in [1.82, 2.24) is 25.3 Å². The Bertz CT molecular complexity index is 2360. The van der Waals surface area contributed by atoms with Crippen LogP contribution in [0.5, 0.6) is 11.5 Å². The number of hydrogen-bond donors (Lipinski definition) is 9. The summed E-state index contributed by atoms with van der Waals surface area (Å²) in [5.74, 6) is -6.29. The molecule has 2 aromatic carbocycles. The molecule has 10 N–H and O–H groups in total. The number of carbonyl (C=O) groups is 7. The summed E-state index contributed by atoms with van der Waals surface area (Å²) in [6.45, 7) is 14.6. The normalized spacial score (nSPS) is 22.7.